The standard InChI is InChI=1S/C14H13F5N2O/c15-13(16)4-6-21(7-5-13)11-8-2-1-3-9(14(17,18)19)10(8)20-12(11)22/h1-3,11H,4-7H2,(H,20,22). The summed E-state index contributed by atoms with van der Waals surface area (Å²) >= 11 is 0. The largest absolute Gasteiger partial charge is 0.418 e. The minimum absolute atomic E-state index is 0.0270. The number of nitrogens with one attached hydrogen (secondary N) is 1. The molecule has 0 bridgehead atoms. The van der Waals surface area contributed by atoms with E-state index in [1.807, 2.05) is 0 Å². The summed E-state index contributed by atoms with van der Waals surface area (Å²) in [6.07, 6.45) is -5.38. The van der Waals surface area contributed by atoms with Gasteiger partial charge in [-0.05, 0) is 6.07 Å². The van der Waals surface area contributed by atoms with Crippen molar-refractivity contribution in [2.24, 2.45) is 0 Å². The molecule has 3 nitrogen and oxygen atoms in total. The predicted octanol–water partition coefficient (Wildman–Crippen LogP) is 3.43. The molecule has 1 fully saturated rings. The Bertz CT molecular complexity index is 604. The summed E-state index contributed by atoms with van der Waals surface area (Å²) in [5.41, 5.74) is -0.976. The van der Waals surface area contributed by atoms with Crippen molar-refractivity contribution in [3.63, 3.8) is 0 Å². The Labute approximate surface area is 123 Å². The van der Waals surface area contributed by atoms with Gasteiger partial charge in [0.05, 0.1) is 11.3 Å². The first kappa shape index (κ1) is 15.2. The van der Waals surface area contributed by atoms with E-state index in [9.17, 15) is 26.7 Å². The zero-order chi connectivity index (χ0) is 16.1. The first-order valence-electron chi connectivity index (χ1n) is 6.82. The molecule has 2 aliphatic rings. The number of carbonyl (C=O) groups is 1. The van der Waals surface area contributed by atoms with E-state index in [0.717, 1.165) is 6.07 Å². The Morgan fingerprint density at radius 2 is 1.82 bits per heavy atom. The molecule has 0 saturated carbocycles. The lowest BCUT2D eigenvalue weighted by molar-refractivity contribution is -0.136. The maximum atomic E-state index is 13.2. The quantitative estimate of drug-likeness (QED) is 0.804. The highest BCUT2D eigenvalue weighted by molar-refractivity contribution is 6.03. The van der Waals surface area contributed by atoms with Gasteiger partial charge in [0.2, 0.25) is 5.91 Å². The van der Waals surface area contributed by atoms with E-state index in [4.69, 9.17) is 0 Å². The molecule has 2 heterocycles. The molecule has 0 aromatic heterocycles. The summed E-state index contributed by atoms with van der Waals surface area (Å²) in [6, 6.07) is 2.62. The number of para-hydroxylation sites is 1. The third-order valence-corrected chi connectivity index (χ3v) is 4.09. The number of fused-ring (bicyclic) bond motifs is 1. The number of likely N-dealkylation sites (tertiary alicyclic amines) is 1. The fraction of sp³-hybridized carbons (Fsp3) is 0.500. The van der Waals surface area contributed by atoms with Crippen LogP contribution in [0.1, 0.15) is 30.0 Å². The van der Waals surface area contributed by atoms with Crippen molar-refractivity contribution >= 4 is 11.6 Å². The van der Waals surface area contributed by atoms with E-state index in [1.54, 1.807) is 0 Å². The third kappa shape index (κ3) is 2.55. The van der Waals surface area contributed by atoms with Crippen molar-refractivity contribution in [3.05, 3.63) is 29.3 Å². The van der Waals surface area contributed by atoms with Gasteiger partial charge in [0, 0.05) is 31.5 Å². The molecule has 1 saturated heterocycles. The molecule has 8 heteroatoms. The number of piperidine rings is 1. The molecule has 1 atom stereocenters. The van der Waals surface area contributed by atoms with E-state index < -0.39 is 42.5 Å². The second-order valence-electron chi connectivity index (χ2n) is 5.55. The van der Waals surface area contributed by atoms with Crippen LogP contribution in [0.4, 0.5) is 27.6 Å². The van der Waals surface area contributed by atoms with Crippen LogP contribution < -0.4 is 5.32 Å². The van der Waals surface area contributed by atoms with Crippen molar-refractivity contribution in [1.29, 1.82) is 0 Å². The van der Waals surface area contributed by atoms with Crippen molar-refractivity contribution in [2.45, 2.75) is 31.0 Å². The van der Waals surface area contributed by atoms with Gasteiger partial charge in [-0.2, -0.15) is 13.2 Å². The Morgan fingerprint density at radius 3 is 2.41 bits per heavy atom. The van der Waals surface area contributed by atoms with Gasteiger partial charge in [-0.25, -0.2) is 8.78 Å². The maximum absolute atomic E-state index is 13.2. The van der Waals surface area contributed by atoms with Crippen molar-refractivity contribution < 1.29 is 26.7 Å². The molecule has 2 aliphatic heterocycles. The Balaban J connectivity index is 1.93. The number of hydrogen-bond acceptors (Lipinski definition) is 2. The Hall–Kier alpha value is -1.70. The van der Waals surface area contributed by atoms with Crippen molar-refractivity contribution in [2.75, 3.05) is 18.4 Å². The topological polar surface area (TPSA) is 32.3 Å². The molecule has 1 N–H and O–H groups in total. The number of benzene rings is 1. The first-order chi connectivity index (χ1) is 10.2. The lowest BCUT2D eigenvalue weighted by Gasteiger charge is -2.34. The molecule has 120 valence electrons. The smallest absolute Gasteiger partial charge is 0.324 e. The summed E-state index contributed by atoms with van der Waals surface area (Å²) in [5.74, 6) is -3.38. The molecular weight excluding hydrogens is 307 g/mol. The van der Waals surface area contributed by atoms with Crippen LogP contribution in [-0.4, -0.2) is 29.8 Å². The van der Waals surface area contributed by atoms with E-state index in [2.05, 4.69) is 5.32 Å². The maximum Gasteiger partial charge on any atom is 0.418 e. The van der Waals surface area contributed by atoms with Gasteiger partial charge in [-0.15, -0.1) is 0 Å². The van der Waals surface area contributed by atoms with Crippen LogP contribution in [0.5, 0.6) is 0 Å². The third-order valence-electron chi connectivity index (χ3n) is 4.09. The second-order valence-corrected chi connectivity index (χ2v) is 5.55. The van der Waals surface area contributed by atoms with E-state index >= 15 is 0 Å². The summed E-state index contributed by atoms with van der Waals surface area (Å²) in [6.45, 7) is -0.0540. The monoisotopic (exact) mass is 320 g/mol. The zero-order valence-electron chi connectivity index (χ0n) is 11.4. The van der Waals surface area contributed by atoms with E-state index in [1.165, 1.54) is 17.0 Å². The predicted molar refractivity (Wildman–Crippen MR) is 68.6 cm³/mol. The number of hydrogen-bond donors (Lipinski definition) is 1. The molecule has 1 aromatic rings. The zero-order valence-corrected chi connectivity index (χ0v) is 11.4. The fourth-order valence-electron chi connectivity index (χ4n) is 2.98. The van der Waals surface area contributed by atoms with Crippen LogP contribution in [0.25, 0.3) is 0 Å². The van der Waals surface area contributed by atoms with Gasteiger partial charge in [-0.1, -0.05) is 12.1 Å². The van der Waals surface area contributed by atoms with Crippen LogP contribution in [0.2, 0.25) is 0 Å². The molecule has 0 aliphatic carbocycles. The number of anilines is 1. The number of nitrogens with zero attached hydrogens (tertiary/aromatic N) is 1. The van der Waals surface area contributed by atoms with Crippen LogP contribution in [0, 0.1) is 0 Å². The normalized spacial score (nSPS) is 25.0. The number of halogens is 5. The number of carbonyl (C=O) groups excluding carboxylic acids is 1. The first-order valence-corrected chi connectivity index (χ1v) is 6.82. The molecule has 1 amide bonds. The summed E-state index contributed by atoms with van der Waals surface area (Å²) in [5, 5.41) is 2.25. The summed E-state index contributed by atoms with van der Waals surface area (Å²) in [4.78, 5) is 13.6. The Kier molecular flexibility index (Phi) is 3.39. The molecule has 0 radical (unpaired) electrons. The second kappa shape index (κ2) is 4.91. The average molecular weight is 320 g/mol. The lowest BCUT2D eigenvalue weighted by atomic mass is 9.99. The van der Waals surface area contributed by atoms with Crippen molar-refractivity contribution in [1.82, 2.24) is 4.90 Å². The number of alkyl halides is 5. The molecule has 1 unspecified atom stereocenters. The van der Waals surface area contributed by atoms with Gasteiger partial charge in [0.1, 0.15) is 6.04 Å². The Morgan fingerprint density at radius 1 is 1.18 bits per heavy atom. The highest BCUT2D eigenvalue weighted by Crippen LogP contribution is 2.44. The van der Waals surface area contributed by atoms with E-state index in [0.29, 0.717) is 0 Å². The number of amides is 1. The van der Waals surface area contributed by atoms with Gasteiger partial charge < -0.3 is 5.32 Å². The van der Waals surface area contributed by atoms with Crippen LogP contribution in [0.3, 0.4) is 0 Å². The molecular formula is C14H13F5N2O. The van der Waals surface area contributed by atoms with Crippen molar-refractivity contribution in [3.8, 4) is 0 Å². The lowest BCUT2D eigenvalue weighted by Crippen LogP contribution is -2.43. The van der Waals surface area contributed by atoms with Gasteiger partial charge in [0.15, 0.2) is 0 Å². The van der Waals surface area contributed by atoms with Gasteiger partial charge in [-0.3, -0.25) is 9.69 Å². The number of rotatable bonds is 1. The van der Waals surface area contributed by atoms with Gasteiger partial charge >= 0.3 is 6.18 Å². The molecule has 1 aromatic carbocycles. The highest BCUT2D eigenvalue weighted by atomic mass is 19.4. The minimum Gasteiger partial charge on any atom is -0.324 e. The minimum atomic E-state index is -4.58. The van der Waals surface area contributed by atoms with Crippen LogP contribution >= 0.6 is 0 Å². The molecule has 22 heavy (non-hydrogen) atoms. The van der Waals surface area contributed by atoms with Crippen LogP contribution in [-0.2, 0) is 11.0 Å². The fourth-order valence-corrected chi connectivity index (χ4v) is 2.98. The molecule has 0 spiro atoms. The van der Waals surface area contributed by atoms with Crippen LogP contribution in [0.15, 0.2) is 18.2 Å². The van der Waals surface area contributed by atoms with Gasteiger partial charge in [0.25, 0.3) is 5.92 Å². The molecule has 3 rings (SSSR count). The highest BCUT2D eigenvalue weighted by Gasteiger charge is 2.45. The van der Waals surface area contributed by atoms with E-state index in [-0.39, 0.29) is 24.3 Å². The average Bonchev–Trinajstić information content (AvgIpc) is 2.73. The summed E-state index contributed by atoms with van der Waals surface area (Å²) in [7, 11) is 0. The SMILES string of the molecule is O=C1Nc2c(cccc2C(F)(F)F)C1N1CCC(F)(F)CC1. The summed E-state index contributed by atoms with van der Waals surface area (Å²) < 4.78 is 65.3.